The molecule has 0 spiro atoms. The Kier molecular flexibility index (Phi) is 5.52. The van der Waals surface area contributed by atoms with Crippen LogP contribution in [0.15, 0.2) is 36.5 Å². The fourth-order valence-electron chi connectivity index (χ4n) is 3.33. The van der Waals surface area contributed by atoms with Crippen LogP contribution in [0.25, 0.3) is 20.8 Å². The Labute approximate surface area is 162 Å². The Bertz CT molecular complexity index is 889. The third-order valence-electron chi connectivity index (χ3n) is 4.80. The smallest absolute Gasteiger partial charge is 0.128 e. The molecule has 2 aromatic heterocycles. The van der Waals surface area contributed by atoms with Crippen molar-refractivity contribution < 1.29 is 14.6 Å². The molecule has 1 aliphatic rings. The second-order valence-electron chi connectivity index (χ2n) is 6.54. The Morgan fingerprint density at radius 3 is 2.78 bits per heavy atom. The number of aliphatic hydroxyl groups is 1. The van der Waals surface area contributed by atoms with Crippen LogP contribution in [0.5, 0.6) is 5.75 Å². The van der Waals surface area contributed by atoms with E-state index >= 15 is 0 Å². The van der Waals surface area contributed by atoms with Gasteiger partial charge in [0.15, 0.2) is 0 Å². The van der Waals surface area contributed by atoms with Crippen molar-refractivity contribution in [3.05, 3.63) is 36.5 Å². The molecule has 0 unspecified atom stereocenters. The summed E-state index contributed by atoms with van der Waals surface area (Å²) < 4.78 is 12.0. The zero-order valence-electron chi connectivity index (χ0n) is 15.3. The SMILES string of the molecule is COc1ccc2nc(-c3ccc(N4CCC(OCCO)CC4)nc3)sc2c1. The normalized spacial score (nSPS) is 15.4. The van der Waals surface area contributed by atoms with E-state index < -0.39 is 0 Å². The molecule has 0 atom stereocenters. The second kappa shape index (κ2) is 8.21. The molecule has 1 aromatic carbocycles. The van der Waals surface area contributed by atoms with Gasteiger partial charge >= 0.3 is 0 Å². The van der Waals surface area contributed by atoms with E-state index in [9.17, 15) is 0 Å². The predicted octanol–water partition coefficient (Wildman–Crippen LogP) is 3.34. The molecule has 0 radical (unpaired) electrons. The molecule has 3 heterocycles. The first-order valence-electron chi connectivity index (χ1n) is 9.15. The van der Waals surface area contributed by atoms with Crippen molar-refractivity contribution in [3.63, 3.8) is 0 Å². The summed E-state index contributed by atoms with van der Waals surface area (Å²) in [6, 6.07) is 10.1. The van der Waals surface area contributed by atoms with Crippen LogP contribution in [0, 0.1) is 0 Å². The minimum atomic E-state index is 0.0851. The number of rotatable bonds is 6. The number of pyridine rings is 1. The van der Waals surface area contributed by atoms with Gasteiger partial charge in [0.1, 0.15) is 16.6 Å². The molecule has 0 bridgehead atoms. The van der Waals surface area contributed by atoms with Gasteiger partial charge in [-0.25, -0.2) is 9.97 Å². The van der Waals surface area contributed by atoms with Crippen LogP contribution in [0.1, 0.15) is 12.8 Å². The average Bonchev–Trinajstić information content (AvgIpc) is 3.16. The summed E-state index contributed by atoms with van der Waals surface area (Å²) in [4.78, 5) is 11.7. The van der Waals surface area contributed by atoms with E-state index in [0.717, 1.165) is 58.3 Å². The zero-order valence-corrected chi connectivity index (χ0v) is 16.1. The lowest BCUT2D eigenvalue weighted by atomic mass is 10.1. The third kappa shape index (κ3) is 4.05. The van der Waals surface area contributed by atoms with Crippen LogP contribution in [0.4, 0.5) is 5.82 Å². The summed E-state index contributed by atoms with van der Waals surface area (Å²) in [6.07, 6.45) is 4.07. The van der Waals surface area contributed by atoms with Gasteiger partial charge in [-0.1, -0.05) is 0 Å². The standard InChI is InChI=1S/C20H23N3O3S/c1-25-16-3-4-17-18(12-16)27-20(22-17)14-2-5-19(21-13-14)23-8-6-15(7-9-23)26-11-10-24/h2-5,12-13,15,24H,6-11H2,1H3. The van der Waals surface area contributed by atoms with Gasteiger partial charge < -0.3 is 19.5 Å². The number of benzene rings is 1. The maximum atomic E-state index is 8.86. The van der Waals surface area contributed by atoms with Gasteiger partial charge in [-0.3, -0.25) is 0 Å². The number of ether oxygens (including phenoxy) is 2. The highest BCUT2D eigenvalue weighted by molar-refractivity contribution is 7.21. The first-order valence-corrected chi connectivity index (χ1v) is 9.97. The van der Waals surface area contributed by atoms with Gasteiger partial charge in [0, 0.05) is 24.8 Å². The zero-order chi connectivity index (χ0) is 18.6. The molecule has 0 saturated carbocycles. The highest BCUT2D eigenvalue weighted by atomic mass is 32.1. The number of methoxy groups -OCH3 is 1. The van der Waals surface area contributed by atoms with Crippen LogP contribution >= 0.6 is 11.3 Å². The third-order valence-corrected chi connectivity index (χ3v) is 5.87. The monoisotopic (exact) mass is 385 g/mol. The van der Waals surface area contributed by atoms with E-state index in [-0.39, 0.29) is 12.7 Å². The number of hydrogen-bond donors (Lipinski definition) is 1. The van der Waals surface area contributed by atoms with Crippen LogP contribution in [-0.2, 0) is 4.74 Å². The summed E-state index contributed by atoms with van der Waals surface area (Å²) in [7, 11) is 1.67. The van der Waals surface area contributed by atoms with Crippen molar-refractivity contribution in [1.29, 1.82) is 0 Å². The summed E-state index contributed by atoms with van der Waals surface area (Å²) in [6.45, 7) is 2.35. The maximum absolute atomic E-state index is 8.86. The number of piperidine rings is 1. The predicted molar refractivity (Wildman–Crippen MR) is 108 cm³/mol. The Morgan fingerprint density at radius 1 is 1.22 bits per heavy atom. The number of fused-ring (bicyclic) bond motifs is 1. The van der Waals surface area contributed by atoms with Crippen molar-refractivity contribution in [2.24, 2.45) is 0 Å². The molecule has 7 heteroatoms. The van der Waals surface area contributed by atoms with Crippen molar-refractivity contribution in [2.45, 2.75) is 18.9 Å². The molecule has 0 aliphatic carbocycles. The Balaban J connectivity index is 1.45. The molecular weight excluding hydrogens is 362 g/mol. The summed E-state index contributed by atoms with van der Waals surface area (Å²) in [5, 5.41) is 9.83. The quantitative estimate of drug-likeness (QED) is 0.702. The molecular formula is C20H23N3O3S. The van der Waals surface area contributed by atoms with E-state index in [2.05, 4.69) is 22.0 Å². The topological polar surface area (TPSA) is 67.7 Å². The Morgan fingerprint density at radius 2 is 2.07 bits per heavy atom. The van der Waals surface area contributed by atoms with Crippen molar-refractivity contribution >= 4 is 27.4 Å². The molecule has 1 N–H and O–H groups in total. The van der Waals surface area contributed by atoms with Gasteiger partial charge in [-0.05, 0) is 43.2 Å². The Hall–Kier alpha value is -2.22. The van der Waals surface area contributed by atoms with Gasteiger partial charge in [0.05, 0.1) is 36.6 Å². The first kappa shape index (κ1) is 18.2. The van der Waals surface area contributed by atoms with E-state index in [1.54, 1.807) is 18.4 Å². The largest absolute Gasteiger partial charge is 0.497 e. The number of nitrogens with zero attached hydrogens (tertiary/aromatic N) is 3. The molecule has 27 heavy (non-hydrogen) atoms. The number of hydrogen-bond acceptors (Lipinski definition) is 7. The number of anilines is 1. The molecule has 1 fully saturated rings. The first-order chi connectivity index (χ1) is 13.3. The lowest BCUT2D eigenvalue weighted by molar-refractivity contribution is 0.0158. The van der Waals surface area contributed by atoms with Crippen molar-refractivity contribution in [3.8, 4) is 16.3 Å². The molecule has 4 rings (SSSR count). The van der Waals surface area contributed by atoms with Crippen LogP contribution in [-0.4, -0.2) is 54.6 Å². The highest BCUT2D eigenvalue weighted by Gasteiger charge is 2.20. The van der Waals surface area contributed by atoms with Crippen molar-refractivity contribution in [1.82, 2.24) is 9.97 Å². The van der Waals surface area contributed by atoms with Crippen LogP contribution < -0.4 is 9.64 Å². The molecule has 0 amide bonds. The molecule has 1 saturated heterocycles. The van der Waals surface area contributed by atoms with Gasteiger partial charge in [-0.15, -0.1) is 11.3 Å². The lowest BCUT2D eigenvalue weighted by Gasteiger charge is -2.32. The van der Waals surface area contributed by atoms with Crippen LogP contribution in [0.3, 0.4) is 0 Å². The maximum Gasteiger partial charge on any atom is 0.128 e. The van der Waals surface area contributed by atoms with Crippen LogP contribution in [0.2, 0.25) is 0 Å². The van der Waals surface area contributed by atoms with E-state index in [4.69, 9.17) is 19.6 Å². The summed E-state index contributed by atoms with van der Waals surface area (Å²) in [5.74, 6) is 1.83. The number of aromatic nitrogens is 2. The molecule has 1 aliphatic heterocycles. The minimum absolute atomic E-state index is 0.0851. The van der Waals surface area contributed by atoms with E-state index in [1.807, 2.05) is 24.4 Å². The number of thiazole rings is 1. The highest BCUT2D eigenvalue weighted by Crippen LogP contribution is 2.32. The van der Waals surface area contributed by atoms with E-state index in [1.165, 1.54) is 0 Å². The summed E-state index contributed by atoms with van der Waals surface area (Å²) >= 11 is 1.65. The average molecular weight is 385 g/mol. The molecule has 142 valence electrons. The summed E-state index contributed by atoms with van der Waals surface area (Å²) in [5.41, 5.74) is 2.00. The number of aliphatic hydroxyl groups excluding tert-OH is 1. The minimum Gasteiger partial charge on any atom is -0.497 e. The second-order valence-corrected chi connectivity index (χ2v) is 7.57. The van der Waals surface area contributed by atoms with Gasteiger partial charge in [0.25, 0.3) is 0 Å². The van der Waals surface area contributed by atoms with Crippen molar-refractivity contribution in [2.75, 3.05) is 38.3 Å². The molecule has 3 aromatic rings. The fourth-order valence-corrected chi connectivity index (χ4v) is 4.31. The fraction of sp³-hybridized carbons (Fsp3) is 0.400. The lowest BCUT2D eigenvalue weighted by Crippen LogP contribution is -2.37. The molecule has 6 nitrogen and oxygen atoms in total. The van der Waals surface area contributed by atoms with E-state index in [0.29, 0.717) is 6.61 Å². The van der Waals surface area contributed by atoms with Gasteiger partial charge in [-0.2, -0.15) is 0 Å². The van der Waals surface area contributed by atoms with Gasteiger partial charge in [0.2, 0.25) is 0 Å².